The highest BCUT2D eigenvalue weighted by Gasteiger charge is 2.51. The first kappa shape index (κ1) is 28.8. The normalized spacial score (nSPS) is 17.9. The Morgan fingerprint density at radius 3 is 1.90 bits per heavy atom. The number of nitrogens with zero attached hydrogens (tertiary/aromatic N) is 3. The van der Waals surface area contributed by atoms with Crippen molar-refractivity contribution in [3.63, 3.8) is 0 Å². The van der Waals surface area contributed by atoms with Crippen molar-refractivity contribution in [3.05, 3.63) is 104 Å². The molecule has 0 aromatic heterocycles. The number of ether oxygens (including phenoxy) is 1. The van der Waals surface area contributed by atoms with Gasteiger partial charge in [-0.05, 0) is 73.5 Å². The topological polar surface area (TPSA) is 144 Å². The molecule has 0 radical (unpaired) electrons. The van der Waals surface area contributed by atoms with Crippen LogP contribution in [0.2, 0.25) is 0 Å². The molecule has 1 saturated heterocycles. The van der Waals surface area contributed by atoms with E-state index in [2.05, 4.69) is 15.9 Å². The molecule has 1 aliphatic carbocycles. The van der Waals surface area contributed by atoms with Gasteiger partial charge in [-0.15, -0.1) is 0 Å². The van der Waals surface area contributed by atoms with Crippen molar-refractivity contribution in [1.29, 1.82) is 0 Å². The molecule has 0 unspecified atom stereocenters. The Morgan fingerprint density at radius 2 is 1.36 bits per heavy atom. The number of halogens is 1. The Kier molecular flexibility index (Phi) is 8.25. The van der Waals surface area contributed by atoms with Crippen molar-refractivity contribution < 1.29 is 33.6 Å². The monoisotopic (exact) mass is 633 g/mol. The van der Waals surface area contributed by atoms with E-state index in [9.17, 15) is 34.1 Å². The van der Waals surface area contributed by atoms with Gasteiger partial charge >= 0.3 is 5.97 Å². The molecule has 1 heterocycles. The van der Waals surface area contributed by atoms with E-state index in [0.717, 1.165) is 39.5 Å². The fraction of sp³-hybridized carbons (Fsp3) is 0.233. The summed E-state index contributed by atoms with van der Waals surface area (Å²) in [6, 6.07) is 17.0. The number of Topliss-reactive ketones (excluding diaryl/α,β-unsaturated/α-hetero) is 1. The minimum atomic E-state index is -0.821. The highest BCUT2D eigenvalue weighted by atomic mass is 79.9. The van der Waals surface area contributed by atoms with Gasteiger partial charge in [0, 0.05) is 27.7 Å². The maximum atomic E-state index is 13.6. The number of ketones is 1. The van der Waals surface area contributed by atoms with Crippen molar-refractivity contribution in [2.24, 2.45) is 11.8 Å². The van der Waals surface area contributed by atoms with Gasteiger partial charge in [-0.1, -0.05) is 28.8 Å². The number of nitro groups is 1. The Labute approximate surface area is 248 Å². The first-order valence-corrected chi connectivity index (χ1v) is 14.0. The van der Waals surface area contributed by atoms with Gasteiger partial charge in [-0.2, -0.15) is 5.01 Å². The van der Waals surface area contributed by atoms with Crippen LogP contribution in [0.1, 0.15) is 56.8 Å². The predicted molar refractivity (Wildman–Crippen MR) is 151 cm³/mol. The van der Waals surface area contributed by atoms with E-state index in [-0.39, 0.29) is 22.6 Å². The molecule has 214 valence electrons. The maximum Gasteiger partial charge on any atom is 0.343 e. The van der Waals surface area contributed by atoms with Crippen LogP contribution >= 0.6 is 15.9 Å². The first-order valence-electron chi connectivity index (χ1n) is 13.2. The fourth-order valence-corrected chi connectivity index (χ4v) is 5.44. The Bertz CT molecular complexity index is 1550. The van der Waals surface area contributed by atoms with E-state index in [0.29, 0.717) is 18.4 Å². The number of nitro benzene ring substituents is 1. The molecular weight excluding hydrogens is 610 g/mol. The number of carbonyl (C=O) groups is 5. The number of hydrazine groups is 1. The van der Waals surface area contributed by atoms with Crippen molar-refractivity contribution in [2.75, 3.05) is 6.54 Å². The van der Waals surface area contributed by atoms with E-state index < -0.39 is 52.8 Å². The summed E-state index contributed by atoms with van der Waals surface area (Å²) in [5, 5.41) is 12.7. The number of carbonyl (C=O) groups excluding carboxylic acids is 5. The number of fused-ring (bicyclic) bond motifs is 1. The van der Waals surface area contributed by atoms with E-state index in [1.807, 2.05) is 0 Å². The largest absolute Gasteiger partial charge is 0.423 e. The van der Waals surface area contributed by atoms with Crippen LogP contribution in [-0.2, 0) is 9.59 Å². The molecule has 1 aliphatic heterocycles. The number of hydrogen-bond acceptors (Lipinski definition) is 8. The highest BCUT2D eigenvalue weighted by Crippen LogP contribution is 2.39. The van der Waals surface area contributed by atoms with Gasteiger partial charge in [0.05, 0.1) is 22.3 Å². The zero-order chi connectivity index (χ0) is 30.0. The molecule has 2 fully saturated rings. The Morgan fingerprint density at radius 1 is 0.833 bits per heavy atom. The third-order valence-corrected chi connectivity index (χ3v) is 7.91. The Balaban J connectivity index is 1.37. The summed E-state index contributed by atoms with van der Waals surface area (Å²) in [6.07, 6.45) is 2.59. The molecule has 42 heavy (non-hydrogen) atoms. The van der Waals surface area contributed by atoms with Gasteiger partial charge in [-0.3, -0.25) is 29.3 Å². The zero-order valence-corrected chi connectivity index (χ0v) is 23.7. The molecule has 3 amide bonds. The fourth-order valence-electron chi connectivity index (χ4n) is 5.18. The second kappa shape index (κ2) is 12.0. The van der Waals surface area contributed by atoms with Gasteiger partial charge in [-0.25, -0.2) is 9.80 Å². The van der Waals surface area contributed by atoms with Crippen molar-refractivity contribution in [1.82, 2.24) is 10.0 Å². The van der Waals surface area contributed by atoms with Gasteiger partial charge < -0.3 is 4.74 Å². The smallest absolute Gasteiger partial charge is 0.343 e. The molecule has 2 atom stereocenters. The quantitative estimate of drug-likeness (QED) is 0.0842. The second-order valence-electron chi connectivity index (χ2n) is 10.00. The summed E-state index contributed by atoms with van der Waals surface area (Å²) in [4.78, 5) is 76.5. The molecule has 2 aliphatic rings. The lowest BCUT2D eigenvalue weighted by Crippen LogP contribution is -2.52. The molecule has 3 aromatic carbocycles. The summed E-state index contributed by atoms with van der Waals surface area (Å²) in [5.41, 5.74) is 0.212. The van der Waals surface area contributed by atoms with Crippen molar-refractivity contribution in [3.8, 4) is 5.75 Å². The number of esters is 1. The summed E-state index contributed by atoms with van der Waals surface area (Å²) >= 11 is 3.30. The molecule has 0 spiro atoms. The minimum absolute atomic E-state index is 0.0286. The van der Waals surface area contributed by atoms with Crippen molar-refractivity contribution in [2.45, 2.75) is 25.7 Å². The van der Waals surface area contributed by atoms with Gasteiger partial charge in [0.2, 0.25) is 0 Å². The lowest BCUT2D eigenvalue weighted by molar-refractivity contribution is -0.384. The molecule has 0 N–H and O–H groups in total. The van der Waals surface area contributed by atoms with Crippen LogP contribution in [-0.4, -0.2) is 51.0 Å². The van der Waals surface area contributed by atoms with E-state index in [1.54, 1.807) is 24.3 Å². The second-order valence-corrected chi connectivity index (χ2v) is 10.9. The van der Waals surface area contributed by atoms with Gasteiger partial charge in [0.1, 0.15) is 12.3 Å². The van der Waals surface area contributed by atoms with Gasteiger partial charge in [0.15, 0.2) is 5.78 Å². The van der Waals surface area contributed by atoms with E-state index >= 15 is 0 Å². The molecule has 12 heteroatoms. The number of benzene rings is 3. The summed E-state index contributed by atoms with van der Waals surface area (Å²) in [6.45, 7) is -0.634. The third-order valence-electron chi connectivity index (χ3n) is 7.38. The molecule has 3 aromatic rings. The van der Waals surface area contributed by atoms with Crippen LogP contribution in [0.15, 0.2) is 77.3 Å². The van der Waals surface area contributed by atoms with Crippen LogP contribution in [0.25, 0.3) is 0 Å². The molecule has 1 saturated carbocycles. The number of non-ortho nitro benzene ring substituents is 1. The van der Waals surface area contributed by atoms with Crippen molar-refractivity contribution >= 4 is 51.1 Å². The zero-order valence-electron chi connectivity index (χ0n) is 22.1. The van der Waals surface area contributed by atoms with Crippen LogP contribution < -0.4 is 4.74 Å². The minimum Gasteiger partial charge on any atom is -0.423 e. The number of hydrogen-bond donors (Lipinski definition) is 0. The van der Waals surface area contributed by atoms with Crippen LogP contribution in [0.4, 0.5) is 5.69 Å². The number of imide groups is 1. The highest BCUT2D eigenvalue weighted by molar-refractivity contribution is 9.10. The molecule has 5 rings (SSSR count). The summed E-state index contributed by atoms with van der Waals surface area (Å²) < 4.78 is 6.17. The van der Waals surface area contributed by atoms with E-state index in [1.165, 1.54) is 36.4 Å². The third kappa shape index (κ3) is 5.84. The standard InChI is InChI=1S/C30H24BrN3O8/c31-21-11-5-20(6-12-21)30(39)42-23-15-9-18(10-16-23)26(35)17-32(27(36)19-7-13-22(14-8-19)34(40)41)33-28(37)24-3-1-2-4-25(24)29(33)38/h5-16,24-25H,1-4,17H2/t24-,25+. The predicted octanol–water partition coefficient (Wildman–Crippen LogP) is 4.99. The van der Waals surface area contributed by atoms with Gasteiger partial charge in [0.25, 0.3) is 23.4 Å². The summed E-state index contributed by atoms with van der Waals surface area (Å²) in [7, 11) is 0. The average molecular weight is 634 g/mol. The lowest BCUT2D eigenvalue weighted by Gasteiger charge is -2.30. The molecule has 0 bridgehead atoms. The number of rotatable bonds is 8. The lowest BCUT2D eigenvalue weighted by atomic mass is 9.81. The maximum absolute atomic E-state index is 13.6. The molecular formula is C30H24BrN3O8. The molecule has 11 nitrogen and oxygen atoms in total. The summed E-state index contributed by atoms with van der Waals surface area (Å²) in [5.74, 6) is -4.00. The van der Waals surface area contributed by atoms with Crippen LogP contribution in [0.5, 0.6) is 5.75 Å². The Hall–Kier alpha value is -4.71. The number of amides is 3. The first-order chi connectivity index (χ1) is 20.1. The average Bonchev–Trinajstić information content (AvgIpc) is 3.25. The van der Waals surface area contributed by atoms with E-state index in [4.69, 9.17) is 4.74 Å². The SMILES string of the molecule is O=C(CN(C(=O)c1ccc([N+](=O)[O-])cc1)N1C(=O)[C@H]2CCCC[C@H]2C1=O)c1ccc(OC(=O)c2ccc(Br)cc2)cc1. The van der Waals surface area contributed by atoms with Crippen LogP contribution in [0, 0.1) is 22.0 Å². The van der Waals surface area contributed by atoms with Crippen LogP contribution in [0.3, 0.4) is 0 Å².